The van der Waals surface area contributed by atoms with Gasteiger partial charge < -0.3 is 14.4 Å². The molecule has 0 bridgehead atoms. The van der Waals surface area contributed by atoms with Crippen molar-refractivity contribution in [2.24, 2.45) is 10.9 Å². The lowest BCUT2D eigenvalue weighted by Crippen LogP contribution is -2.38. The molecule has 0 unspecified atom stereocenters. The van der Waals surface area contributed by atoms with Crippen LogP contribution in [0, 0.1) is 11.7 Å². The molecular formula is C31H43FN4O. The van der Waals surface area contributed by atoms with Gasteiger partial charge in [0, 0.05) is 31.0 Å². The Hall–Kier alpha value is -2.73. The molecule has 1 aliphatic carbocycles. The van der Waals surface area contributed by atoms with Gasteiger partial charge in [-0.15, -0.1) is 0 Å². The van der Waals surface area contributed by atoms with Crippen molar-refractivity contribution in [1.29, 1.82) is 0 Å². The van der Waals surface area contributed by atoms with E-state index in [1.165, 1.54) is 56.3 Å². The molecule has 0 atom stereocenters. The number of likely N-dealkylation sites (tertiary alicyclic amines) is 1. The lowest BCUT2D eigenvalue weighted by atomic mass is 9.86. The highest BCUT2D eigenvalue weighted by Crippen LogP contribution is 2.30. The fourth-order valence-corrected chi connectivity index (χ4v) is 6.09. The maximum Gasteiger partial charge on any atom is 0.256 e. The molecule has 200 valence electrons. The molecule has 1 aromatic heterocycles. The van der Waals surface area contributed by atoms with Gasteiger partial charge in [-0.05, 0) is 102 Å². The number of aromatic nitrogens is 1. The largest absolute Gasteiger partial charge is 0.339 e. The summed E-state index contributed by atoms with van der Waals surface area (Å²) < 4.78 is 16.4. The molecule has 6 heteroatoms. The molecule has 1 amide bonds. The Morgan fingerprint density at radius 2 is 1.89 bits per heavy atom. The van der Waals surface area contributed by atoms with Crippen LogP contribution in [0.15, 0.2) is 29.4 Å². The number of rotatable bonds is 7. The molecule has 1 aromatic carbocycles. The van der Waals surface area contributed by atoms with E-state index >= 15 is 0 Å². The summed E-state index contributed by atoms with van der Waals surface area (Å²) in [5.74, 6) is 0.682. The second kappa shape index (κ2) is 12.2. The van der Waals surface area contributed by atoms with Crippen LogP contribution in [0.4, 0.5) is 4.39 Å². The number of hydrogen-bond acceptors (Lipinski definition) is 3. The van der Waals surface area contributed by atoms with Gasteiger partial charge in [-0.25, -0.2) is 4.39 Å². The quantitative estimate of drug-likeness (QED) is 0.491. The predicted molar refractivity (Wildman–Crippen MR) is 151 cm³/mol. The van der Waals surface area contributed by atoms with E-state index in [9.17, 15) is 9.18 Å². The van der Waals surface area contributed by atoms with E-state index in [0.717, 1.165) is 42.4 Å². The summed E-state index contributed by atoms with van der Waals surface area (Å²) in [6.07, 6.45) is 15.2. The van der Waals surface area contributed by atoms with Crippen LogP contribution in [0.1, 0.15) is 87.6 Å². The summed E-state index contributed by atoms with van der Waals surface area (Å²) in [6.45, 7) is 13.1. The van der Waals surface area contributed by atoms with Crippen molar-refractivity contribution in [2.75, 3.05) is 26.7 Å². The summed E-state index contributed by atoms with van der Waals surface area (Å²) in [4.78, 5) is 21.8. The van der Waals surface area contributed by atoms with Gasteiger partial charge in [0.05, 0.1) is 22.8 Å². The zero-order chi connectivity index (χ0) is 26.5. The molecule has 5 nitrogen and oxygen atoms in total. The van der Waals surface area contributed by atoms with Gasteiger partial charge in [-0.1, -0.05) is 25.3 Å². The van der Waals surface area contributed by atoms with Gasteiger partial charge in [0.25, 0.3) is 5.91 Å². The molecule has 37 heavy (non-hydrogen) atoms. The van der Waals surface area contributed by atoms with Gasteiger partial charge in [-0.2, -0.15) is 0 Å². The number of hydrogen-bond donors (Lipinski definition) is 0. The molecule has 2 fully saturated rings. The Morgan fingerprint density at radius 1 is 1.19 bits per heavy atom. The summed E-state index contributed by atoms with van der Waals surface area (Å²) in [7, 11) is 1.76. The monoisotopic (exact) mass is 506 g/mol. The van der Waals surface area contributed by atoms with Crippen molar-refractivity contribution < 1.29 is 9.18 Å². The van der Waals surface area contributed by atoms with E-state index in [4.69, 9.17) is 0 Å². The van der Waals surface area contributed by atoms with Crippen molar-refractivity contribution in [1.82, 2.24) is 14.4 Å². The third-order valence-corrected chi connectivity index (χ3v) is 8.43. The Bertz CT molecular complexity index is 1220. The minimum Gasteiger partial charge on any atom is -0.339 e. The zero-order valence-corrected chi connectivity index (χ0v) is 23.0. The number of piperidine rings is 1. The number of carbonyl (C=O) groups excluding carboxylic acids is 1. The SMILES string of the molecule is C=N/C=c1\c(=C/C)c(C2CCN(CC3CCCCC3)CC2)cn1-c1ccc(F)cc1C(=O)N(C)C(C)C. The zero-order valence-electron chi connectivity index (χ0n) is 23.0. The minimum atomic E-state index is -0.420. The van der Waals surface area contributed by atoms with Crippen molar-refractivity contribution in [2.45, 2.75) is 77.7 Å². The summed E-state index contributed by atoms with van der Waals surface area (Å²) in [6, 6.07) is 4.47. The first-order valence-corrected chi connectivity index (χ1v) is 14.0. The van der Waals surface area contributed by atoms with Crippen molar-refractivity contribution in [3.63, 3.8) is 0 Å². The number of aliphatic imine (C=N–C) groups is 1. The first-order valence-electron chi connectivity index (χ1n) is 14.0. The molecule has 1 aliphatic heterocycles. The molecule has 0 spiro atoms. The first-order chi connectivity index (χ1) is 17.8. The van der Waals surface area contributed by atoms with Crippen molar-refractivity contribution >= 4 is 24.9 Å². The predicted octanol–water partition coefficient (Wildman–Crippen LogP) is 5.10. The number of benzene rings is 1. The maximum atomic E-state index is 14.4. The first kappa shape index (κ1) is 27.3. The fourth-order valence-electron chi connectivity index (χ4n) is 6.09. The van der Waals surface area contributed by atoms with Crippen molar-refractivity contribution in [3.8, 4) is 5.69 Å². The van der Waals surface area contributed by atoms with E-state index in [-0.39, 0.29) is 11.9 Å². The molecule has 1 saturated carbocycles. The molecule has 1 saturated heterocycles. The van der Waals surface area contributed by atoms with Crippen LogP contribution in [0.5, 0.6) is 0 Å². The number of carbonyl (C=O) groups is 1. The molecule has 2 heterocycles. The maximum absolute atomic E-state index is 14.4. The number of amides is 1. The molecular weight excluding hydrogens is 463 g/mol. The summed E-state index contributed by atoms with van der Waals surface area (Å²) in [5.41, 5.74) is 2.29. The molecule has 2 aromatic rings. The second-order valence-corrected chi connectivity index (χ2v) is 11.1. The smallest absolute Gasteiger partial charge is 0.256 e. The number of nitrogens with zero attached hydrogens (tertiary/aromatic N) is 4. The molecule has 0 N–H and O–H groups in total. The van der Waals surface area contributed by atoms with Crippen LogP contribution in [0.3, 0.4) is 0 Å². The van der Waals surface area contributed by atoms with Crippen LogP contribution in [0.25, 0.3) is 18.0 Å². The van der Waals surface area contributed by atoms with E-state index in [0.29, 0.717) is 17.2 Å². The average Bonchev–Trinajstić information content (AvgIpc) is 3.27. The van der Waals surface area contributed by atoms with E-state index < -0.39 is 5.82 Å². The molecule has 0 radical (unpaired) electrons. The fraction of sp³-hybridized carbons (Fsp3) is 0.548. The van der Waals surface area contributed by atoms with Crippen LogP contribution in [-0.2, 0) is 0 Å². The summed E-state index contributed by atoms with van der Waals surface area (Å²) in [5, 5.41) is 2.00. The Labute approximate surface area is 221 Å². The van der Waals surface area contributed by atoms with Gasteiger partial charge in [0.15, 0.2) is 0 Å². The second-order valence-electron chi connectivity index (χ2n) is 11.1. The summed E-state index contributed by atoms with van der Waals surface area (Å²) >= 11 is 0. The number of halogens is 1. The lowest BCUT2D eigenvalue weighted by Gasteiger charge is -2.35. The van der Waals surface area contributed by atoms with Crippen LogP contribution >= 0.6 is 0 Å². The van der Waals surface area contributed by atoms with E-state index in [1.807, 2.05) is 25.3 Å². The standard InChI is InChI=1S/C31H43FN4O/c1-6-26-28(24-14-16-35(17-15-24)20-23-10-8-7-9-11-23)21-36(30(26)19-33-4)29-13-12-25(32)18-27(29)31(37)34(5)22(2)3/h6,12-13,18-19,21-24H,4,7-11,14-17,20H2,1-3,5H3/b26-6-,30-19+. The van der Waals surface area contributed by atoms with Crippen LogP contribution in [-0.4, -0.2) is 59.7 Å². The van der Waals surface area contributed by atoms with Crippen LogP contribution in [0.2, 0.25) is 0 Å². The van der Waals surface area contributed by atoms with E-state index in [2.05, 4.69) is 28.9 Å². The van der Waals surface area contributed by atoms with Gasteiger partial charge in [0.2, 0.25) is 0 Å². The Kier molecular flexibility index (Phi) is 9.01. The van der Waals surface area contributed by atoms with Crippen LogP contribution < -0.4 is 10.6 Å². The topological polar surface area (TPSA) is 40.8 Å². The molecule has 4 rings (SSSR count). The normalized spacial score (nSPS) is 19.1. The highest BCUT2D eigenvalue weighted by molar-refractivity contribution is 5.97. The third-order valence-electron chi connectivity index (χ3n) is 8.43. The Morgan fingerprint density at radius 3 is 2.51 bits per heavy atom. The van der Waals surface area contributed by atoms with Crippen molar-refractivity contribution in [3.05, 3.63) is 51.9 Å². The highest BCUT2D eigenvalue weighted by Gasteiger charge is 2.26. The third kappa shape index (κ3) is 6.06. The highest BCUT2D eigenvalue weighted by atomic mass is 19.1. The minimum absolute atomic E-state index is 0.00282. The van der Waals surface area contributed by atoms with Gasteiger partial charge >= 0.3 is 0 Å². The average molecular weight is 507 g/mol. The van der Waals surface area contributed by atoms with E-state index in [1.54, 1.807) is 24.2 Å². The van der Waals surface area contributed by atoms with Gasteiger partial charge in [0.1, 0.15) is 5.82 Å². The Balaban J connectivity index is 1.67. The molecule has 2 aliphatic rings. The lowest BCUT2D eigenvalue weighted by molar-refractivity contribution is 0.0754. The van der Waals surface area contributed by atoms with Gasteiger partial charge in [-0.3, -0.25) is 9.79 Å².